The molecule has 3 N–H and O–H groups in total. The van der Waals surface area contributed by atoms with Gasteiger partial charge in [0.05, 0.1) is 0 Å². The predicted octanol–water partition coefficient (Wildman–Crippen LogP) is 4.37. The molecule has 2 nitrogen and oxygen atoms in total. The van der Waals surface area contributed by atoms with Crippen LogP contribution >= 0.6 is 0 Å². The van der Waals surface area contributed by atoms with Gasteiger partial charge in [-0.2, -0.15) is 0 Å². The number of hydrogen-bond acceptors (Lipinski definition) is 2. The molecule has 0 aromatic heterocycles. The summed E-state index contributed by atoms with van der Waals surface area (Å²) in [6.07, 6.45) is 1.94. The molecule has 0 spiro atoms. The van der Waals surface area contributed by atoms with Crippen LogP contribution in [0.3, 0.4) is 0 Å². The van der Waals surface area contributed by atoms with Gasteiger partial charge in [0.2, 0.25) is 0 Å². The van der Waals surface area contributed by atoms with Crippen molar-refractivity contribution in [2.45, 2.75) is 46.0 Å². The fourth-order valence-corrected chi connectivity index (χ4v) is 2.03. The van der Waals surface area contributed by atoms with Crippen LogP contribution in [0.4, 0.5) is 5.69 Å². The van der Waals surface area contributed by atoms with Crippen LogP contribution in [0.15, 0.2) is 18.7 Å². The second kappa shape index (κ2) is 7.34. The minimum absolute atomic E-state index is 0.174. The van der Waals surface area contributed by atoms with Crippen LogP contribution < -0.4 is 11.1 Å². The lowest BCUT2D eigenvalue weighted by Crippen LogP contribution is -2.13. The second-order valence-electron chi connectivity index (χ2n) is 5.89. The lowest BCUT2D eigenvalue weighted by molar-refractivity contribution is 0.588. The molecule has 0 atom stereocenters. The van der Waals surface area contributed by atoms with E-state index in [4.69, 9.17) is 0 Å². The molecule has 0 saturated heterocycles. The molecule has 1 aromatic rings. The quantitative estimate of drug-likeness (QED) is 0.849. The molecule has 19 heavy (non-hydrogen) atoms. The van der Waals surface area contributed by atoms with E-state index in [1.165, 1.54) is 29.4 Å². The van der Waals surface area contributed by atoms with E-state index in [1.807, 2.05) is 13.1 Å². The van der Waals surface area contributed by atoms with E-state index in [9.17, 15) is 0 Å². The number of benzene rings is 1. The first-order chi connectivity index (χ1) is 8.81. The molecule has 0 heterocycles. The van der Waals surface area contributed by atoms with Gasteiger partial charge in [-0.3, -0.25) is 0 Å². The summed E-state index contributed by atoms with van der Waals surface area (Å²) in [6, 6.07) is 4.56. The lowest BCUT2D eigenvalue weighted by Gasteiger charge is -2.24. The van der Waals surface area contributed by atoms with Crippen molar-refractivity contribution in [2.75, 3.05) is 19.4 Å². The molecular weight excluding hydrogens is 232 g/mol. The van der Waals surface area contributed by atoms with Crippen LogP contribution in [0.1, 0.15) is 57.2 Å². The van der Waals surface area contributed by atoms with Crippen molar-refractivity contribution < 1.29 is 0 Å². The number of nitrogens with one attached hydrogen (secondary N) is 1. The minimum Gasteiger partial charge on any atom is -0.387 e. The molecule has 108 valence electrons. The first-order valence-electron chi connectivity index (χ1n) is 6.87. The summed E-state index contributed by atoms with van der Waals surface area (Å²) in [6.45, 7) is 15.1. The van der Waals surface area contributed by atoms with Gasteiger partial charge in [0.25, 0.3) is 0 Å². The number of anilines is 1. The summed E-state index contributed by atoms with van der Waals surface area (Å²) in [5.41, 5.74) is 9.82. The van der Waals surface area contributed by atoms with Crippen LogP contribution in [0.2, 0.25) is 0 Å². The molecule has 0 aliphatic heterocycles. The summed E-state index contributed by atoms with van der Waals surface area (Å²) in [7, 11) is 3.48. The van der Waals surface area contributed by atoms with E-state index < -0.39 is 0 Å². The van der Waals surface area contributed by atoms with Crippen molar-refractivity contribution >= 4 is 11.8 Å². The highest BCUT2D eigenvalue weighted by Crippen LogP contribution is 2.34. The maximum atomic E-state index is 4.50. The second-order valence-corrected chi connectivity index (χ2v) is 5.89. The maximum Gasteiger partial charge on any atom is 0.0446 e. The largest absolute Gasteiger partial charge is 0.387 e. The molecule has 1 aromatic carbocycles. The summed E-state index contributed by atoms with van der Waals surface area (Å²) in [5.74, 6) is 0.512. The summed E-state index contributed by atoms with van der Waals surface area (Å²) in [5, 5.41) is 3.30. The molecular formula is C17H30N2. The van der Waals surface area contributed by atoms with Crippen LogP contribution in [0.5, 0.6) is 0 Å². The third kappa shape index (κ3) is 4.39. The Labute approximate surface area is 119 Å². The Hall–Kier alpha value is -1.28. The highest BCUT2D eigenvalue weighted by molar-refractivity contribution is 5.71. The van der Waals surface area contributed by atoms with Gasteiger partial charge in [-0.25, -0.2) is 0 Å². The monoisotopic (exact) mass is 262 g/mol. The Morgan fingerprint density at radius 3 is 2.05 bits per heavy atom. The van der Waals surface area contributed by atoms with Crippen molar-refractivity contribution in [3.63, 3.8) is 0 Å². The fourth-order valence-electron chi connectivity index (χ4n) is 2.03. The van der Waals surface area contributed by atoms with E-state index >= 15 is 0 Å². The maximum absolute atomic E-state index is 4.50. The van der Waals surface area contributed by atoms with Gasteiger partial charge in [-0.1, -0.05) is 53.3 Å². The third-order valence-electron chi connectivity index (χ3n) is 3.16. The molecule has 0 amide bonds. The van der Waals surface area contributed by atoms with Crippen molar-refractivity contribution in [2.24, 2.45) is 5.73 Å². The zero-order valence-electron chi connectivity index (χ0n) is 13.6. The van der Waals surface area contributed by atoms with E-state index in [-0.39, 0.29) is 5.41 Å². The van der Waals surface area contributed by atoms with E-state index in [2.05, 4.69) is 64.4 Å². The minimum atomic E-state index is 0.174. The molecule has 0 radical (unpaired) electrons. The standard InChI is InChI=1S/C16H25N.CH5N/c1-8-12-9-13(16(4,5)6)10-14(11(2)3)15(12)17-7;1-2/h8-11,17H,1H2,2-7H3;2H2,1H3. The smallest absolute Gasteiger partial charge is 0.0446 e. The van der Waals surface area contributed by atoms with Crippen molar-refractivity contribution in [1.82, 2.24) is 0 Å². The Bertz CT molecular complexity index is 412. The number of rotatable bonds is 3. The Balaban J connectivity index is 0.00000154. The number of hydrogen-bond donors (Lipinski definition) is 2. The third-order valence-corrected chi connectivity index (χ3v) is 3.16. The zero-order valence-corrected chi connectivity index (χ0v) is 13.6. The Kier molecular flexibility index (Phi) is 6.85. The molecule has 0 saturated carbocycles. The molecule has 0 aliphatic rings. The molecule has 0 bridgehead atoms. The van der Waals surface area contributed by atoms with Gasteiger partial charge >= 0.3 is 0 Å². The van der Waals surface area contributed by atoms with Crippen LogP contribution in [0, 0.1) is 0 Å². The summed E-state index contributed by atoms with van der Waals surface area (Å²) in [4.78, 5) is 0. The van der Waals surface area contributed by atoms with Gasteiger partial charge in [0.1, 0.15) is 0 Å². The van der Waals surface area contributed by atoms with E-state index in [0.717, 1.165) is 0 Å². The van der Waals surface area contributed by atoms with Crippen molar-refractivity contribution in [1.29, 1.82) is 0 Å². The van der Waals surface area contributed by atoms with Gasteiger partial charge in [0, 0.05) is 12.7 Å². The average molecular weight is 262 g/mol. The highest BCUT2D eigenvalue weighted by atomic mass is 14.8. The zero-order chi connectivity index (χ0) is 15.2. The molecule has 0 unspecified atom stereocenters. The molecule has 0 aliphatic carbocycles. The lowest BCUT2D eigenvalue weighted by atomic mass is 9.82. The highest BCUT2D eigenvalue weighted by Gasteiger charge is 2.18. The predicted molar refractivity (Wildman–Crippen MR) is 89.0 cm³/mol. The normalized spacial score (nSPS) is 10.8. The molecule has 1 rings (SSSR count). The average Bonchev–Trinajstić information content (AvgIpc) is 2.38. The first kappa shape index (κ1) is 17.7. The summed E-state index contributed by atoms with van der Waals surface area (Å²) < 4.78 is 0. The molecule has 0 fully saturated rings. The van der Waals surface area contributed by atoms with E-state index in [1.54, 1.807) is 0 Å². The van der Waals surface area contributed by atoms with Gasteiger partial charge in [-0.05, 0) is 41.1 Å². The van der Waals surface area contributed by atoms with Crippen molar-refractivity contribution in [3.8, 4) is 0 Å². The summed E-state index contributed by atoms with van der Waals surface area (Å²) >= 11 is 0. The van der Waals surface area contributed by atoms with Gasteiger partial charge in [-0.15, -0.1) is 0 Å². The van der Waals surface area contributed by atoms with Gasteiger partial charge < -0.3 is 11.1 Å². The Morgan fingerprint density at radius 2 is 1.74 bits per heavy atom. The van der Waals surface area contributed by atoms with Crippen LogP contribution in [0.25, 0.3) is 6.08 Å². The van der Waals surface area contributed by atoms with E-state index in [0.29, 0.717) is 5.92 Å². The SMILES string of the molecule is C=Cc1cc(C(C)(C)C)cc(C(C)C)c1NC.CN. The molecule has 2 heteroatoms. The number of nitrogens with two attached hydrogens (primary N) is 1. The van der Waals surface area contributed by atoms with Gasteiger partial charge in [0.15, 0.2) is 0 Å². The Morgan fingerprint density at radius 1 is 1.21 bits per heavy atom. The first-order valence-corrected chi connectivity index (χ1v) is 6.87. The fraction of sp³-hybridized carbons (Fsp3) is 0.529. The van der Waals surface area contributed by atoms with Crippen LogP contribution in [-0.4, -0.2) is 14.1 Å². The van der Waals surface area contributed by atoms with Crippen molar-refractivity contribution in [3.05, 3.63) is 35.4 Å². The topological polar surface area (TPSA) is 38.0 Å². The van der Waals surface area contributed by atoms with Crippen LogP contribution in [-0.2, 0) is 5.41 Å².